The fourth-order valence-electron chi connectivity index (χ4n) is 0.722. The average Bonchev–Trinajstić information content (AvgIpc) is 1.56. The van der Waals surface area contributed by atoms with Crippen LogP contribution in [0.4, 0.5) is 0 Å². The van der Waals surface area contributed by atoms with Crippen molar-refractivity contribution in [2.45, 2.75) is 0 Å². The summed E-state index contributed by atoms with van der Waals surface area (Å²) in [4.78, 5) is 10.1. The van der Waals surface area contributed by atoms with Crippen molar-refractivity contribution in [3.8, 4) is 0 Å². The first-order chi connectivity index (χ1) is 4.61. The predicted molar refractivity (Wildman–Crippen MR) is 33.5 cm³/mol. The Morgan fingerprint density at radius 2 is 2.10 bits per heavy atom. The number of carboxylic acid groups (broad SMARTS) is 1. The molecule has 2 N–H and O–H groups in total. The van der Waals surface area contributed by atoms with E-state index in [1.807, 2.05) is 0 Å². The number of carboxylic acids is 1. The maximum atomic E-state index is 10.2. The van der Waals surface area contributed by atoms with Gasteiger partial charge >= 0.3 is 5.97 Å². The molecule has 0 aliphatic carbocycles. The molecule has 1 saturated heterocycles. The van der Waals surface area contributed by atoms with Crippen LogP contribution in [0.3, 0.4) is 0 Å². The highest BCUT2D eigenvalue weighted by Gasteiger charge is 2.35. The summed E-state index contributed by atoms with van der Waals surface area (Å²) in [5, 5.41) is 8.33. The zero-order valence-electron chi connectivity index (χ0n) is 5.06. The summed E-state index contributed by atoms with van der Waals surface area (Å²) >= 11 is -1.99. The van der Waals surface area contributed by atoms with E-state index in [4.69, 9.17) is 9.66 Å². The van der Waals surface area contributed by atoms with Gasteiger partial charge in [0.25, 0.3) is 0 Å². The minimum atomic E-state index is -1.99. The first-order valence-electron chi connectivity index (χ1n) is 2.70. The third kappa shape index (κ3) is 1.34. The standard InChI is InChI=1S/C4H7NO4S/c6-4(7)3-1-5(2-3)10(8)9/h3H,1-2H2,(H,6,7)(H,8,9). The molecule has 5 nitrogen and oxygen atoms in total. The molecular weight excluding hydrogens is 158 g/mol. The second kappa shape index (κ2) is 2.65. The Kier molecular flexibility index (Phi) is 2.02. The molecule has 1 unspecified atom stereocenters. The Morgan fingerprint density at radius 1 is 1.60 bits per heavy atom. The zero-order chi connectivity index (χ0) is 7.72. The van der Waals surface area contributed by atoms with Crippen LogP contribution in [-0.4, -0.2) is 37.2 Å². The monoisotopic (exact) mass is 165 g/mol. The maximum absolute atomic E-state index is 10.2. The Bertz CT molecular complexity index is 158. The maximum Gasteiger partial charge on any atom is 0.309 e. The normalized spacial score (nSPS) is 23.7. The van der Waals surface area contributed by atoms with Crippen molar-refractivity contribution in [1.82, 2.24) is 4.31 Å². The molecule has 1 heterocycles. The number of aliphatic carboxylic acids is 1. The van der Waals surface area contributed by atoms with Gasteiger partial charge in [0.1, 0.15) is 0 Å². The molecule has 10 heavy (non-hydrogen) atoms. The van der Waals surface area contributed by atoms with Crippen molar-refractivity contribution in [3.05, 3.63) is 0 Å². The SMILES string of the molecule is O=C(O)C1CN(S(=O)O)C1. The molecule has 0 aromatic rings. The van der Waals surface area contributed by atoms with Crippen molar-refractivity contribution in [2.24, 2.45) is 5.92 Å². The number of carbonyl (C=O) groups is 1. The second-order valence-electron chi connectivity index (χ2n) is 2.11. The highest BCUT2D eigenvalue weighted by molar-refractivity contribution is 7.76. The molecule has 0 spiro atoms. The molecular formula is C4H7NO4S. The van der Waals surface area contributed by atoms with Crippen molar-refractivity contribution in [3.63, 3.8) is 0 Å². The molecule has 1 rings (SSSR count). The van der Waals surface area contributed by atoms with Gasteiger partial charge in [-0.25, -0.2) is 4.21 Å². The topological polar surface area (TPSA) is 77.8 Å². The number of nitrogens with zero attached hydrogens (tertiary/aromatic N) is 1. The lowest BCUT2D eigenvalue weighted by molar-refractivity contribution is -0.145. The first kappa shape index (κ1) is 7.64. The fraction of sp³-hybridized carbons (Fsp3) is 0.750. The molecule has 0 bridgehead atoms. The molecule has 1 aliphatic heterocycles. The van der Waals surface area contributed by atoms with Crippen molar-refractivity contribution in [1.29, 1.82) is 0 Å². The van der Waals surface area contributed by atoms with Gasteiger partial charge in [0.2, 0.25) is 11.3 Å². The van der Waals surface area contributed by atoms with Gasteiger partial charge in [-0.15, -0.1) is 0 Å². The van der Waals surface area contributed by atoms with Gasteiger partial charge in [-0.2, -0.15) is 4.31 Å². The molecule has 0 radical (unpaired) electrons. The summed E-state index contributed by atoms with van der Waals surface area (Å²) in [6.45, 7) is 0.358. The van der Waals surface area contributed by atoms with Crippen molar-refractivity contribution >= 4 is 17.2 Å². The molecule has 1 atom stereocenters. The van der Waals surface area contributed by atoms with Crippen LogP contribution in [-0.2, 0) is 16.1 Å². The van der Waals surface area contributed by atoms with Crippen LogP contribution in [0.25, 0.3) is 0 Å². The van der Waals surface area contributed by atoms with E-state index in [0.717, 1.165) is 0 Å². The highest BCUT2D eigenvalue weighted by Crippen LogP contribution is 2.15. The molecule has 0 saturated carbocycles. The van der Waals surface area contributed by atoms with Gasteiger partial charge < -0.3 is 5.11 Å². The van der Waals surface area contributed by atoms with E-state index in [2.05, 4.69) is 0 Å². The van der Waals surface area contributed by atoms with Gasteiger partial charge in [0.15, 0.2) is 0 Å². The summed E-state index contributed by atoms with van der Waals surface area (Å²) in [6, 6.07) is 0. The summed E-state index contributed by atoms with van der Waals surface area (Å²) in [7, 11) is 0. The Labute approximate surface area is 60.1 Å². The van der Waals surface area contributed by atoms with E-state index in [9.17, 15) is 9.00 Å². The summed E-state index contributed by atoms with van der Waals surface area (Å²) in [5.74, 6) is -1.36. The molecule has 6 heteroatoms. The molecule has 0 aromatic carbocycles. The molecule has 58 valence electrons. The number of rotatable bonds is 2. The fourth-order valence-corrected chi connectivity index (χ4v) is 1.34. The molecule has 1 fully saturated rings. The minimum Gasteiger partial charge on any atom is -0.481 e. The number of hydrogen-bond acceptors (Lipinski definition) is 2. The van der Waals surface area contributed by atoms with Crippen LogP contribution >= 0.6 is 0 Å². The van der Waals surface area contributed by atoms with E-state index in [0.29, 0.717) is 0 Å². The Balaban J connectivity index is 2.31. The first-order valence-corrected chi connectivity index (χ1v) is 3.76. The smallest absolute Gasteiger partial charge is 0.309 e. The average molecular weight is 165 g/mol. The van der Waals surface area contributed by atoms with Gasteiger partial charge in [-0.1, -0.05) is 0 Å². The van der Waals surface area contributed by atoms with E-state index < -0.39 is 23.2 Å². The van der Waals surface area contributed by atoms with E-state index in [-0.39, 0.29) is 13.1 Å². The summed E-state index contributed by atoms with van der Waals surface area (Å²) in [6.07, 6.45) is 0. The van der Waals surface area contributed by atoms with Crippen molar-refractivity contribution < 1.29 is 18.7 Å². The quantitative estimate of drug-likeness (QED) is 0.522. The number of hydrogen-bond donors (Lipinski definition) is 2. The predicted octanol–water partition coefficient (Wildman–Crippen LogP) is -0.860. The van der Waals surface area contributed by atoms with E-state index in [1.165, 1.54) is 4.31 Å². The lowest BCUT2D eigenvalue weighted by Crippen LogP contribution is -2.50. The zero-order valence-corrected chi connectivity index (χ0v) is 5.87. The molecule has 0 aromatic heterocycles. The lowest BCUT2D eigenvalue weighted by atomic mass is 10.0. The molecule has 1 aliphatic rings. The summed E-state index contributed by atoms with van der Waals surface area (Å²) < 4.78 is 19.8. The van der Waals surface area contributed by atoms with E-state index in [1.54, 1.807) is 0 Å². The van der Waals surface area contributed by atoms with Gasteiger partial charge in [0, 0.05) is 13.1 Å². The molecule has 0 amide bonds. The third-order valence-corrected chi connectivity index (χ3v) is 2.16. The second-order valence-corrected chi connectivity index (χ2v) is 3.09. The lowest BCUT2D eigenvalue weighted by Gasteiger charge is -2.32. The van der Waals surface area contributed by atoms with Crippen LogP contribution in [0.1, 0.15) is 0 Å². The Hall–Kier alpha value is -0.460. The summed E-state index contributed by atoms with van der Waals surface area (Å²) in [5.41, 5.74) is 0. The van der Waals surface area contributed by atoms with Gasteiger partial charge in [-0.05, 0) is 0 Å². The minimum absolute atomic E-state index is 0.179. The van der Waals surface area contributed by atoms with Crippen LogP contribution in [0.2, 0.25) is 0 Å². The van der Waals surface area contributed by atoms with Crippen LogP contribution < -0.4 is 0 Å². The van der Waals surface area contributed by atoms with Gasteiger partial charge in [-0.3, -0.25) is 9.35 Å². The highest BCUT2D eigenvalue weighted by atomic mass is 32.2. The Morgan fingerprint density at radius 3 is 2.40 bits per heavy atom. The third-order valence-electron chi connectivity index (χ3n) is 1.42. The van der Waals surface area contributed by atoms with Crippen LogP contribution in [0.15, 0.2) is 0 Å². The van der Waals surface area contributed by atoms with Gasteiger partial charge in [0.05, 0.1) is 5.92 Å². The van der Waals surface area contributed by atoms with Crippen LogP contribution in [0, 0.1) is 5.92 Å². The largest absolute Gasteiger partial charge is 0.481 e. The van der Waals surface area contributed by atoms with Crippen LogP contribution in [0.5, 0.6) is 0 Å². The van der Waals surface area contributed by atoms with E-state index >= 15 is 0 Å². The van der Waals surface area contributed by atoms with Crippen molar-refractivity contribution in [2.75, 3.05) is 13.1 Å².